The second-order valence-electron chi connectivity index (χ2n) is 9.27. The Balaban J connectivity index is 3.20. The predicted octanol–water partition coefficient (Wildman–Crippen LogP) is 4.12. The number of nitrogens with one attached hydrogen (secondary N) is 1. The average molecular weight is 422 g/mol. The van der Waals surface area contributed by atoms with E-state index in [1.807, 2.05) is 0 Å². The van der Waals surface area contributed by atoms with Crippen LogP contribution in [0, 0.1) is 0 Å². The van der Waals surface area contributed by atoms with Gasteiger partial charge in [-0.1, -0.05) is 0 Å². The average Bonchev–Trinajstić information content (AvgIpc) is 2.22. The molecule has 0 saturated carbocycles. The molecule has 0 unspecified atom stereocenters. The Hall–Kier alpha value is 0.639. The topological polar surface area (TPSA) is 39.7 Å². The molecule has 1 rings (SSSR count). The van der Waals surface area contributed by atoms with Crippen molar-refractivity contribution in [3.63, 3.8) is 0 Å². The van der Waals surface area contributed by atoms with Crippen molar-refractivity contribution in [3.8, 4) is 0 Å². The zero-order valence-electron chi connectivity index (χ0n) is 16.1. The van der Waals surface area contributed by atoms with Gasteiger partial charge in [-0.05, 0) is 0 Å². The Morgan fingerprint density at radius 3 is 1.27 bits per heavy atom. The Bertz CT molecular complexity index is 306. The van der Waals surface area contributed by atoms with E-state index >= 15 is 0 Å². The molecule has 0 radical (unpaired) electrons. The molecule has 5 heteroatoms. The standard InChI is InChI=1S/C5H10N.3C4H9O.Sn/c1-2-4-6-5-3-1;3*1-4(2,3)5;/h1,6H,2-5H2;3*1-3H3;/q;3*-1;+3. The summed E-state index contributed by atoms with van der Waals surface area (Å²) in [5.41, 5.74) is -0.758. The summed E-state index contributed by atoms with van der Waals surface area (Å²) in [6.45, 7) is 21.0. The van der Waals surface area contributed by atoms with E-state index in [1.54, 1.807) is 0 Å². The quantitative estimate of drug-likeness (QED) is 0.693. The van der Waals surface area contributed by atoms with Gasteiger partial charge >= 0.3 is 143 Å². The first-order chi connectivity index (χ1) is 9.73. The minimum absolute atomic E-state index is 0.253. The predicted molar refractivity (Wildman–Crippen MR) is 94.1 cm³/mol. The summed E-state index contributed by atoms with van der Waals surface area (Å²) in [5, 5.41) is 3.44. The summed E-state index contributed by atoms with van der Waals surface area (Å²) in [6.07, 6.45) is 2.16. The van der Waals surface area contributed by atoms with E-state index in [1.165, 1.54) is 0 Å². The van der Waals surface area contributed by atoms with Gasteiger partial charge in [-0.15, -0.1) is 0 Å². The molecule has 1 heterocycles. The van der Waals surface area contributed by atoms with Crippen LogP contribution in [0.5, 0.6) is 0 Å². The van der Waals surface area contributed by atoms with Crippen LogP contribution in [0.2, 0.25) is 3.93 Å². The SMILES string of the molecule is CC(C)(C)[O][Sn]([O]C(C)(C)C)([O]C(C)(C)C)[CH]1CCNCC1. The number of hydrogen-bond acceptors (Lipinski definition) is 4. The van der Waals surface area contributed by atoms with Gasteiger partial charge in [0, 0.05) is 0 Å². The summed E-state index contributed by atoms with van der Waals surface area (Å²) >= 11 is -3.77. The zero-order chi connectivity index (χ0) is 17.2. The van der Waals surface area contributed by atoms with Crippen molar-refractivity contribution in [2.45, 2.75) is 95.9 Å². The summed E-state index contributed by atoms with van der Waals surface area (Å²) in [7, 11) is 0. The monoisotopic (exact) mass is 423 g/mol. The van der Waals surface area contributed by atoms with Gasteiger partial charge in [-0.2, -0.15) is 0 Å². The first kappa shape index (κ1) is 20.7. The molecule has 1 N–H and O–H groups in total. The Morgan fingerprint density at radius 2 is 1.00 bits per heavy atom. The van der Waals surface area contributed by atoms with Crippen molar-refractivity contribution >= 4 is 19.6 Å². The molecule has 22 heavy (non-hydrogen) atoms. The first-order valence-electron chi connectivity index (χ1n) is 8.54. The van der Waals surface area contributed by atoms with Crippen LogP contribution in [0.25, 0.3) is 0 Å². The van der Waals surface area contributed by atoms with Crippen LogP contribution in [0.15, 0.2) is 0 Å². The summed E-state index contributed by atoms with van der Waals surface area (Å²) in [5.74, 6) is 0. The summed E-state index contributed by atoms with van der Waals surface area (Å²) in [4.78, 5) is 0. The maximum atomic E-state index is 6.65. The van der Waals surface area contributed by atoms with Crippen LogP contribution in [0.4, 0.5) is 0 Å². The van der Waals surface area contributed by atoms with Crippen molar-refractivity contribution < 1.29 is 9.22 Å². The van der Waals surface area contributed by atoms with E-state index in [2.05, 4.69) is 67.6 Å². The molecule has 132 valence electrons. The number of piperidine rings is 1. The fourth-order valence-corrected chi connectivity index (χ4v) is 14.7. The molecule has 0 amide bonds. The molecule has 0 aromatic carbocycles. The van der Waals surface area contributed by atoms with E-state index < -0.39 is 19.6 Å². The van der Waals surface area contributed by atoms with E-state index in [-0.39, 0.29) is 16.8 Å². The molecule has 0 bridgehead atoms. The Labute approximate surface area is 143 Å². The molecule has 1 aliphatic rings. The van der Waals surface area contributed by atoms with Crippen LogP contribution in [-0.4, -0.2) is 49.5 Å². The molecule has 0 atom stereocenters. The second kappa shape index (κ2) is 7.26. The van der Waals surface area contributed by atoms with E-state index in [4.69, 9.17) is 9.22 Å². The minimum atomic E-state index is -3.77. The van der Waals surface area contributed by atoms with E-state index in [9.17, 15) is 0 Å². The van der Waals surface area contributed by atoms with Crippen molar-refractivity contribution in [1.82, 2.24) is 5.32 Å². The van der Waals surface area contributed by atoms with Crippen LogP contribution in [0.1, 0.15) is 75.2 Å². The van der Waals surface area contributed by atoms with Crippen LogP contribution >= 0.6 is 0 Å². The van der Waals surface area contributed by atoms with E-state index in [0.29, 0.717) is 3.93 Å². The molecular formula is C17H37NO3Sn. The second-order valence-corrected chi connectivity index (χ2v) is 16.8. The van der Waals surface area contributed by atoms with E-state index in [0.717, 1.165) is 25.9 Å². The number of hydrogen-bond donors (Lipinski definition) is 1. The van der Waals surface area contributed by atoms with Gasteiger partial charge in [0.25, 0.3) is 0 Å². The molecule has 0 aromatic rings. The molecule has 0 aliphatic carbocycles. The van der Waals surface area contributed by atoms with Gasteiger partial charge in [0.1, 0.15) is 0 Å². The third-order valence-electron chi connectivity index (χ3n) is 3.18. The molecule has 0 aromatic heterocycles. The van der Waals surface area contributed by atoms with Gasteiger partial charge in [-0.25, -0.2) is 0 Å². The zero-order valence-corrected chi connectivity index (χ0v) is 19.0. The maximum absolute atomic E-state index is 6.65. The molecule has 4 nitrogen and oxygen atoms in total. The number of rotatable bonds is 4. The van der Waals surface area contributed by atoms with Gasteiger partial charge < -0.3 is 0 Å². The molecule has 1 fully saturated rings. The molecule has 1 saturated heterocycles. The van der Waals surface area contributed by atoms with Crippen molar-refractivity contribution in [1.29, 1.82) is 0 Å². The Morgan fingerprint density at radius 1 is 0.682 bits per heavy atom. The van der Waals surface area contributed by atoms with Gasteiger partial charge in [-0.3, -0.25) is 0 Å². The first-order valence-corrected chi connectivity index (χ1v) is 13.7. The van der Waals surface area contributed by atoms with Crippen molar-refractivity contribution in [3.05, 3.63) is 0 Å². The molecule has 1 aliphatic heterocycles. The van der Waals surface area contributed by atoms with Crippen LogP contribution in [0.3, 0.4) is 0 Å². The third-order valence-corrected chi connectivity index (χ3v) is 15.4. The summed E-state index contributed by atoms with van der Waals surface area (Å²) in [6, 6.07) is 0. The fraction of sp³-hybridized carbons (Fsp3) is 1.00. The van der Waals surface area contributed by atoms with Gasteiger partial charge in [0.2, 0.25) is 0 Å². The van der Waals surface area contributed by atoms with Gasteiger partial charge in [0.05, 0.1) is 0 Å². The van der Waals surface area contributed by atoms with Crippen molar-refractivity contribution in [2.75, 3.05) is 13.1 Å². The van der Waals surface area contributed by atoms with Crippen LogP contribution in [-0.2, 0) is 9.22 Å². The fourth-order valence-electron chi connectivity index (χ4n) is 2.77. The van der Waals surface area contributed by atoms with Crippen LogP contribution < -0.4 is 5.32 Å². The van der Waals surface area contributed by atoms with Gasteiger partial charge in [0.15, 0.2) is 0 Å². The Kier molecular flexibility index (Phi) is 6.82. The normalized spacial score (nSPS) is 19.5. The molecular weight excluding hydrogens is 385 g/mol. The summed E-state index contributed by atoms with van der Waals surface area (Å²) < 4.78 is 20.4. The molecule has 0 spiro atoms. The van der Waals surface area contributed by atoms with Crippen molar-refractivity contribution in [2.24, 2.45) is 0 Å². The third kappa shape index (κ3) is 7.47.